The standard InChI is InChI=1S/C13H15NO3S3/c1-3-11-7-8-13(18-11)20(16,17)14-10-5-4-6-12(9-10)19(2)15/h4-9,14H,3H2,1-2H3/t19-/m1/s1. The summed E-state index contributed by atoms with van der Waals surface area (Å²) >= 11 is 1.26. The molecule has 108 valence electrons. The Balaban J connectivity index is 2.28. The summed E-state index contributed by atoms with van der Waals surface area (Å²) in [4.78, 5) is 1.61. The van der Waals surface area contributed by atoms with Crippen molar-refractivity contribution in [2.75, 3.05) is 11.0 Å². The van der Waals surface area contributed by atoms with E-state index in [2.05, 4.69) is 4.72 Å². The van der Waals surface area contributed by atoms with Crippen LogP contribution in [0.15, 0.2) is 45.5 Å². The molecule has 0 unspecified atom stereocenters. The molecule has 0 saturated carbocycles. The molecule has 0 bridgehead atoms. The Morgan fingerprint density at radius 3 is 2.60 bits per heavy atom. The molecule has 0 amide bonds. The minimum Gasteiger partial charge on any atom is -0.279 e. The molecule has 0 aliphatic heterocycles. The lowest BCUT2D eigenvalue weighted by Gasteiger charge is -2.07. The highest BCUT2D eigenvalue weighted by Crippen LogP contribution is 2.25. The van der Waals surface area contributed by atoms with Crippen molar-refractivity contribution in [3.8, 4) is 0 Å². The van der Waals surface area contributed by atoms with Gasteiger partial charge in [0.1, 0.15) is 4.21 Å². The predicted molar refractivity (Wildman–Crippen MR) is 83.3 cm³/mol. The largest absolute Gasteiger partial charge is 0.279 e. The molecule has 1 aromatic heterocycles. The van der Waals surface area contributed by atoms with Crippen molar-refractivity contribution in [2.45, 2.75) is 22.4 Å². The normalized spacial score (nSPS) is 13.1. The Kier molecular flexibility index (Phi) is 4.62. The van der Waals surface area contributed by atoms with E-state index in [9.17, 15) is 12.6 Å². The third-order valence-electron chi connectivity index (χ3n) is 2.67. The SMILES string of the molecule is CCc1ccc(S(=O)(=O)Nc2cccc([S@@](C)=O)c2)s1. The van der Waals surface area contributed by atoms with Crippen molar-refractivity contribution in [3.63, 3.8) is 0 Å². The van der Waals surface area contributed by atoms with Crippen LogP contribution in [-0.2, 0) is 27.2 Å². The zero-order valence-corrected chi connectivity index (χ0v) is 13.6. The molecule has 1 aromatic carbocycles. The molecule has 7 heteroatoms. The molecule has 0 fully saturated rings. The maximum Gasteiger partial charge on any atom is 0.271 e. The zero-order chi connectivity index (χ0) is 14.8. The fraction of sp³-hybridized carbons (Fsp3) is 0.231. The number of rotatable bonds is 5. The van der Waals surface area contributed by atoms with Crippen LogP contribution in [0.4, 0.5) is 5.69 Å². The van der Waals surface area contributed by atoms with Crippen molar-refractivity contribution < 1.29 is 12.6 Å². The average Bonchev–Trinajstić information content (AvgIpc) is 2.88. The minimum absolute atomic E-state index is 0.289. The maximum absolute atomic E-state index is 12.2. The summed E-state index contributed by atoms with van der Waals surface area (Å²) in [5.74, 6) is 0. The van der Waals surface area contributed by atoms with Crippen LogP contribution in [0.2, 0.25) is 0 Å². The first-order valence-corrected chi connectivity index (χ1v) is 9.83. The van der Waals surface area contributed by atoms with E-state index in [1.54, 1.807) is 36.6 Å². The Morgan fingerprint density at radius 1 is 1.25 bits per heavy atom. The molecule has 2 aromatic rings. The first-order chi connectivity index (χ1) is 9.42. The highest BCUT2D eigenvalue weighted by molar-refractivity contribution is 7.94. The lowest BCUT2D eigenvalue weighted by molar-refractivity contribution is 0.603. The van der Waals surface area contributed by atoms with Crippen molar-refractivity contribution in [1.29, 1.82) is 0 Å². The van der Waals surface area contributed by atoms with Gasteiger partial charge in [-0.2, -0.15) is 0 Å². The van der Waals surface area contributed by atoms with E-state index >= 15 is 0 Å². The fourth-order valence-corrected chi connectivity index (χ4v) is 4.54. The molecule has 0 aliphatic carbocycles. The smallest absolute Gasteiger partial charge is 0.271 e. The van der Waals surface area contributed by atoms with Gasteiger partial charge >= 0.3 is 0 Å². The lowest BCUT2D eigenvalue weighted by atomic mass is 10.3. The topological polar surface area (TPSA) is 63.2 Å². The first kappa shape index (κ1) is 15.2. The Hall–Kier alpha value is -1.18. The Labute approximate surface area is 125 Å². The van der Waals surface area contributed by atoms with Gasteiger partial charge in [-0.05, 0) is 36.8 Å². The molecule has 2 rings (SSSR count). The molecule has 0 aliphatic rings. The Morgan fingerprint density at radius 2 is 2.00 bits per heavy atom. The number of hydrogen-bond donors (Lipinski definition) is 1. The Bertz CT molecular complexity index is 735. The van der Waals surface area contributed by atoms with Gasteiger partial charge in [0.25, 0.3) is 10.0 Å². The molecule has 1 atom stereocenters. The molecule has 0 saturated heterocycles. The van der Waals surface area contributed by atoms with Gasteiger partial charge < -0.3 is 0 Å². The van der Waals surface area contributed by atoms with Crippen molar-refractivity contribution in [1.82, 2.24) is 0 Å². The van der Waals surface area contributed by atoms with Crippen LogP contribution >= 0.6 is 11.3 Å². The maximum atomic E-state index is 12.2. The number of nitrogens with one attached hydrogen (secondary N) is 1. The summed E-state index contributed by atoms with van der Waals surface area (Å²) in [5, 5.41) is 0. The number of hydrogen-bond acceptors (Lipinski definition) is 4. The molecule has 0 spiro atoms. The van der Waals surface area contributed by atoms with Gasteiger partial charge in [-0.1, -0.05) is 13.0 Å². The minimum atomic E-state index is -3.58. The molecule has 1 N–H and O–H groups in total. The van der Waals surface area contributed by atoms with Crippen LogP contribution in [0.3, 0.4) is 0 Å². The van der Waals surface area contributed by atoms with Crippen LogP contribution in [0.25, 0.3) is 0 Å². The van der Waals surface area contributed by atoms with E-state index in [-0.39, 0.29) is 4.21 Å². The number of thiophene rings is 1. The quantitative estimate of drug-likeness (QED) is 0.917. The van der Waals surface area contributed by atoms with Crippen LogP contribution < -0.4 is 4.72 Å². The summed E-state index contributed by atoms with van der Waals surface area (Å²) in [6.07, 6.45) is 2.37. The number of benzene rings is 1. The van der Waals surface area contributed by atoms with E-state index < -0.39 is 20.8 Å². The predicted octanol–water partition coefficient (Wildman–Crippen LogP) is 2.85. The average molecular weight is 329 g/mol. The number of anilines is 1. The van der Waals surface area contributed by atoms with Crippen molar-refractivity contribution >= 4 is 37.8 Å². The second kappa shape index (κ2) is 6.07. The summed E-state index contributed by atoms with van der Waals surface area (Å²) in [7, 11) is -4.72. The van der Waals surface area contributed by atoms with Crippen LogP contribution in [0.1, 0.15) is 11.8 Å². The summed E-state index contributed by atoms with van der Waals surface area (Å²) in [5.41, 5.74) is 0.421. The second-order valence-electron chi connectivity index (χ2n) is 4.16. The number of aryl methyl sites for hydroxylation is 1. The molecular weight excluding hydrogens is 314 g/mol. The van der Waals surface area contributed by atoms with Gasteiger partial charge in [0.15, 0.2) is 0 Å². The van der Waals surface area contributed by atoms with E-state index in [0.717, 1.165) is 11.3 Å². The highest BCUT2D eigenvalue weighted by atomic mass is 32.2. The molecule has 1 heterocycles. The summed E-state index contributed by atoms with van der Waals surface area (Å²) in [6, 6.07) is 10.0. The van der Waals surface area contributed by atoms with E-state index in [4.69, 9.17) is 0 Å². The van der Waals surface area contributed by atoms with Gasteiger partial charge in [0.05, 0.1) is 5.69 Å². The molecule has 20 heavy (non-hydrogen) atoms. The zero-order valence-electron chi connectivity index (χ0n) is 11.1. The molecular formula is C13H15NO3S3. The lowest BCUT2D eigenvalue weighted by Crippen LogP contribution is -2.11. The van der Waals surface area contributed by atoms with E-state index in [1.807, 2.05) is 13.0 Å². The van der Waals surface area contributed by atoms with Gasteiger partial charge in [-0.25, -0.2) is 8.42 Å². The third kappa shape index (κ3) is 3.47. The molecule has 0 radical (unpaired) electrons. The third-order valence-corrected chi connectivity index (χ3v) is 6.69. The van der Waals surface area contributed by atoms with Gasteiger partial charge in [0.2, 0.25) is 0 Å². The summed E-state index contributed by atoms with van der Waals surface area (Å²) in [6.45, 7) is 1.98. The fourth-order valence-electron chi connectivity index (χ4n) is 1.64. The highest BCUT2D eigenvalue weighted by Gasteiger charge is 2.17. The van der Waals surface area contributed by atoms with Crippen LogP contribution in [0.5, 0.6) is 0 Å². The van der Waals surface area contributed by atoms with Crippen LogP contribution in [0, 0.1) is 0 Å². The van der Waals surface area contributed by atoms with Crippen molar-refractivity contribution in [3.05, 3.63) is 41.3 Å². The first-order valence-electron chi connectivity index (χ1n) is 5.97. The van der Waals surface area contributed by atoms with E-state index in [0.29, 0.717) is 10.6 Å². The molecule has 4 nitrogen and oxygen atoms in total. The monoisotopic (exact) mass is 329 g/mol. The van der Waals surface area contributed by atoms with Crippen molar-refractivity contribution in [2.24, 2.45) is 0 Å². The van der Waals surface area contributed by atoms with Crippen LogP contribution in [-0.4, -0.2) is 18.9 Å². The van der Waals surface area contributed by atoms with Gasteiger partial charge in [0, 0.05) is 26.8 Å². The van der Waals surface area contributed by atoms with Gasteiger partial charge in [-0.15, -0.1) is 11.3 Å². The number of sulfonamides is 1. The van der Waals surface area contributed by atoms with E-state index in [1.165, 1.54) is 11.3 Å². The summed E-state index contributed by atoms with van der Waals surface area (Å²) < 4.78 is 38.7. The van der Waals surface area contributed by atoms with Gasteiger partial charge in [-0.3, -0.25) is 8.93 Å². The second-order valence-corrected chi connectivity index (χ2v) is 8.62.